The Bertz CT molecular complexity index is 730. The van der Waals surface area contributed by atoms with E-state index in [0.717, 1.165) is 38.5 Å². The number of furan rings is 1. The summed E-state index contributed by atoms with van der Waals surface area (Å²) in [5.74, 6) is 1.55. The SMILES string of the molecule is Cc1ccccc1N1CCN(Cc2ccc(C(=O)NCC(C)C)o2)CC1. The van der Waals surface area contributed by atoms with Gasteiger partial charge in [0.2, 0.25) is 0 Å². The molecule has 1 N–H and O–H groups in total. The normalized spacial score (nSPS) is 15.5. The number of hydrogen-bond acceptors (Lipinski definition) is 4. The molecule has 5 heteroatoms. The zero-order chi connectivity index (χ0) is 18.5. The molecule has 1 aromatic carbocycles. The van der Waals surface area contributed by atoms with E-state index in [0.29, 0.717) is 18.2 Å². The van der Waals surface area contributed by atoms with Gasteiger partial charge in [0.25, 0.3) is 5.91 Å². The van der Waals surface area contributed by atoms with Crippen LogP contribution in [0.5, 0.6) is 0 Å². The van der Waals surface area contributed by atoms with Crippen LogP contribution in [0, 0.1) is 12.8 Å². The minimum absolute atomic E-state index is 0.130. The van der Waals surface area contributed by atoms with Gasteiger partial charge in [0.05, 0.1) is 6.54 Å². The maximum Gasteiger partial charge on any atom is 0.287 e. The zero-order valence-corrected chi connectivity index (χ0v) is 16.0. The van der Waals surface area contributed by atoms with Gasteiger partial charge in [0.1, 0.15) is 5.76 Å². The van der Waals surface area contributed by atoms with Crippen molar-refractivity contribution in [3.63, 3.8) is 0 Å². The standard InChI is InChI=1S/C21H29N3O2/c1-16(2)14-22-21(25)20-9-8-18(26-20)15-23-10-12-24(13-11-23)19-7-5-4-6-17(19)3/h4-9,16H,10-15H2,1-3H3,(H,22,25). The van der Waals surface area contributed by atoms with Crippen LogP contribution >= 0.6 is 0 Å². The Hall–Kier alpha value is -2.27. The molecule has 3 rings (SSSR count). The molecule has 2 aromatic rings. The Morgan fingerprint density at radius 2 is 1.85 bits per heavy atom. The van der Waals surface area contributed by atoms with Gasteiger partial charge < -0.3 is 14.6 Å². The second-order valence-electron chi connectivity index (χ2n) is 7.42. The number of nitrogens with zero attached hydrogens (tertiary/aromatic N) is 2. The first-order chi connectivity index (χ1) is 12.5. The number of carbonyl (C=O) groups is 1. The summed E-state index contributed by atoms with van der Waals surface area (Å²) in [5, 5.41) is 2.89. The summed E-state index contributed by atoms with van der Waals surface area (Å²) in [6.07, 6.45) is 0. The van der Waals surface area contributed by atoms with E-state index >= 15 is 0 Å². The quantitative estimate of drug-likeness (QED) is 0.864. The maximum atomic E-state index is 12.1. The average Bonchev–Trinajstić information content (AvgIpc) is 3.09. The molecule has 0 radical (unpaired) electrons. The van der Waals surface area contributed by atoms with Gasteiger partial charge in [-0.05, 0) is 36.6 Å². The minimum Gasteiger partial charge on any atom is -0.455 e. The number of benzene rings is 1. The molecule has 0 bridgehead atoms. The summed E-state index contributed by atoms with van der Waals surface area (Å²) >= 11 is 0. The minimum atomic E-state index is -0.130. The largest absolute Gasteiger partial charge is 0.455 e. The van der Waals surface area contributed by atoms with Crippen molar-refractivity contribution in [1.82, 2.24) is 10.2 Å². The highest BCUT2D eigenvalue weighted by molar-refractivity contribution is 5.91. The topological polar surface area (TPSA) is 48.7 Å². The van der Waals surface area contributed by atoms with Gasteiger partial charge in [-0.25, -0.2) is 0 Å². The van der Waals surface area contributed by atoms with E-state index in [1.165, 1.54) is 11.3 Å². The number of hydrogen-bond donors (Lipinski definition) is 1. The molecular weight excluding hydrogens is 326 g/mol. The first-order valence-electron chi connectivity index (χ1n) is 9.43. The average molecular weight is 355 g/mol. The molecule has 0 aliphatic carbocycles. The van der Waals surface area contributed by atoms with Gasteiger partial charge in [-0.2, -0.15) is 0 Å². The van der Waals surface area contributed by atoms with E-state index in [1.807, 2.05) is 6.07 Å². The van der Waals surface area contributed by atoms with Crippen molar-refractivity contribution >= 4 is 11.6 Å². The van der Waals surface area contributed by atoms with Crippen LogP contribution in [0.3, 0.4) is 0 Å². The van der Waals surface area contributed by atoms with Gasteiger partial charge in [0.15, 0.2) is 5.76 Å². The summed E-state index contributed by atoms with van der Waals surface area (Å²) in [7, 11) is 0. The molecule has 5 nitrogen and oxygen atoms in total. The van der Waals surface area contributed by atoms with Gasteiger partial charge in [-0.3, -0.25) is 9.69 Å². The summed E-state index contributed by atoms with van der Waals surface area (Å²) < 4.78 is 5.74. The molecule has 2 heterocycles. The summed E-state index contributed by atoms with van der Waals surface area (Å²) in [6, 6.07) is 12.2. The van der Waals surface area contributed by atoms with E-state index in [2.05, 4.69) is 60.2 Å². The molecule has 140 valence electrons. The molecule has 0 atom stereocenters. The van der Waals surface area contributed by atoms with E-state index in [-0.39, 0.29) is 5.91 Å². The summed E-state index contributed by atoms with van der Waals surface area (Å²) in [5.41, 5.74) is 2.65. The van der Waals surface area contributed by atoms with Crippen LogP contribution < -0.4 is 10.2 Å². The van der Waals surface area contributed by atoms with E-state index in [9.17, 15) is 4.79 Å². The summed E-state index contributed by atoms with van der Waals surface area (Å²) in [4.78, 5) is 16.9. The number of piperazine rings is 1. The van der Waals surface area contributed by atoms with E-state index < -0.39 is 0 Å². The lowest BCUT2D eigenvalue weighted by molar-refractivity contribution is 0.0917. The molecule has 1 aliphatic rings. The molecule has 1 saturated heterocycles. The second kappa shape index (κ2) is 8.41. The van der Waals surface area contributed by atoms with Crippen molar-refractivity contribution in [2.75, 3.05) is 37.6 Å². The number of rotatable bonds is 6. The van der Waals surface area contributed by atoms with Gasteiger partial charge in [-0.1, -0.05) is 32.0 Å². The third-order valence-electron chi connectivity index (χ3n) is 4.76. The van der Waals surface area contributed by atoms with E-state index in [1.54, 1.807) is 6.07 Å². The Morgan fingerprint density at radius 1 is 1.12 bits per heavy atom. The predicted molar refractivity (Wildman–Crippen MR) is 105 cm³/mol. The van der Waals surface area contributed by atoms with Gasteiger partial charge in [-0.15, -0.1) is 0 Å². The highest BCUT2D eigenvalue weighted by Crippen LogP contribution is 2.21. The number of para-hydroxylation sites is 1. The number of amides is 1. The number of anilines is 1. The van der Waals surface area contributed by atoms with Crippen LogP contribution in [0.4, 0.5) is 5.69 Å². The lowest BCUT2D eigenvalue weighted by Gasteiger charge is -2.36. The molecule has 0 spiro atoms. The third-order valence-corrected chi connectivity index (χ3v) is 4.76. The fraction of sp³-hybridized carbons (Fsp3) is 0.476. The van der Waals surface area contributed by atoms with Crippen molar-refractivity contribution < 1.29 is 9.21 Å². The highest BCUT2D eigenvalue weighted by Gasteiger charge is 2.20. The van der Waals surface area contributed by atoms with Crippen LogP contribution in [0.2, 0.25) is 0 Å². The maximum absolute atomic E-state index is 12.1. The molecule has 26 heavy (non-hydrogen) atoms. The van der Waals surface area contributed by atoms with Crippen molar-refractivity contribution in [3.05, 3.63) is 53.5 Å². The Kier molecular flexibility index (Phi) is 5.99. The zero-order valence-electron chi connectivity index (χ0n) is 16.0. The first-order valence-corrected chi connectivity index (χ1v) is 9.43. The van der Waals surface area contributed by atoms with Gasteiger partial charge >= 0.3 is 0 Å². The van der Waals surface area contributed by atoms with Crippen molar-refractivity contribution in [2.24, 2.45) is 5.92 Å². The summed E-state index contributed by atoms with van der Waals surface area (Å²) in [6.45, 7) is 11.7. The third kappa shape index (κ3) is 4.67. The van der Waals surface area contributed by atoms with Gasteiger partial charge in [0, 0.05) is 38.4 Å². The molecule has 0 unspecified atom stereocenters. The van der Waals surface area contributed by atoms with Crippen LogP contribution in [-0.4, -0.2) is 43.5 Å². The van der Waals surface area contributed by atoms with Crippen molar-refractivity contribution in [3.8, 4) is 0 Å². The monoisotopic (exact) mass is 355 g/mol. The number of carbonyl (C=O) groups excluding carboxylic acids is 1. The van der Waals surface area contributed by atoms with Crippen molar-refractivity contribution in [2.45, 2.75) is 27.3 Å². The van der Waals surface area contributed by atoms with Crippen LogP contribution in [0.15, 0.2) is 40.8 Å². The van der Waals surface area contributed by atoms with E-state index in [4.69, 9.17) is 4.42 Å². The number of nitrogens with one attached hydrogen (secondary N) is 1. The first kappa shape index (κ1) is 18.5. The lowest BCUT2D eigenvalue weighted by atomic mass is 10.1. The Balaban J connectivity index is 1.51. The molecule has 0 saturated carbocycles. The Labute approximate surface area is 156 Å². The Morgan fingerprint density at radius 3 is 2.54 bits per heavy atom. The molecule has 1 aliphatic heterocycles. The lowest BCUT2D eigenvalue weighted by Crippen LogP contribution is -2.46. The fourth-order valence-electron chi connectivity index (χ4n) is 3.25. The second-order valence-corrected chi connectivity index (χ2v) is 7.42. The smallest absolute Gasteiger partial charge is 0.287 e. The number of aryl methyl sites for hydroxylation is 1. The molecule has 1 amide bonds. The fourth-order valence-corrected chi connectivity index (χ4v) is 3.25. The molecule has 1 fully saturated rings. The predicted octanol–water partition coefficient (Wildman–Crippen LogP) is 3.30. The highest BCUT2D eigenvalue weighted by atomic mass is 16.4. The molecular formula is C21H29N3O2. The van der Waals surface area contributed by atoms with Crippen LogP contribution in [0.25, 0.3) is 0 Å². The van der Waals surface area contributed by atoms with Crippen LogP contribution in [-0.2, 0) is 6.54 Å². The van der Waals surface area contributed by atoms with Crippen molar-refractivity contribution in [1.29, 1.82) is 0 Å². The van der Waals surface area contributed by atoms with Crippen LogP contribution in [0.1, 0.15) is 35.7 Å². The molecule has 1 aromatic heterocycles.